The van der Waals surface area contributed by atoms with Crippen LogP contribution in [0.5, 0.6) is 5.75 Å². The summed E-state index contributed by atoms with van der Waals surface area (Å²) in [6, 6.07) is 12.8. The van der Waals surface area contributed by atoms with E-state index in [0.717, 1.165) is 32.1 Å². The van der Waals surface area contributed by atoms with Gasteiger partial charge in [0.2, 0.25) is 0 Å². The zero-order valence-corrected chi connectivity index (χ0v) is 17.5. The number of hydrogen-bond acceptors (Lipinski definition) is 6. The third-order valence-corrected chi connectivity index (χ3v) is 5.83. The topological polar surface area (TPSA) is 102 Å². The number of nitrogens with zero attached hydrogens (tertiary/aromatic N) is 1. The molecule has 0 spiro atoms. The highest BCUT2D eigenvalue weighted by Gasteiger charge is 2.42. The molecule has 1 aliphatic heterocycles. The van der Waals surface area contributed by atoms with Crippen molar-refractivity contribution in [3.8, 4) is 5.75 Å². The third-order valence-electron chi connectivity index (χ3n) is 5.48. The molecular formula is C23H22ClN3O4. The number of esters is 1. The van der Waals surface area contributed by atoms with E-state index in [0.29, 0.717) is 22.7 Å². The zero-order valence-electron chi connectivity index (χ0n) is 16.8. The number of ether oxygens (including phenoxy) is 1. The molecule has 7 nitrogen and oxygen atoms in total. The van der Waals surface area contributed by atoms with E-state index in [4.69, 9.17) is 22.1 Å². The van der Waals surface area contributed by atoms with Crippen molar-refractivity contribution in [3.63, 3.8) is 0 Å². The van der Waals surface area contributed by atoms with Gasteiger partial charge in [0, 0.05) is 17.4 Å². The van der Waals surface area contributed by atoms with Crippen LogP contribution in [0.2, 0.25) is 0 Å². The van der Waals surface area contributed by atoms with E-state index in [1.54, 1.807) is 48.5 Å². The number of imide groups is 1. The van der Waals surface area contributed by atoms with Crippen molar-refractivity contribution in [2.45, 2.75) is 38.1 Å². The second kappa shape index (κ2) is 8.81. The van der Waals surface area contributed by atoms with Crippen LogP contribution in [0, 0.1) is 0 Å². The summed E-state index contributed by atoms with van der Waals surface area (Å²) >= 11 is 6.19. The van der Waals surface area contributed by atoms with Crippen molar-refractivity contribution in [1.82, 2.24) is 4.90 Å². The molecule has 1 saturated carbocycles. The van der Waals surface area contributed by atoms with E-state index in [9.17, 15) is 14.4 Å². The zero-order chi connectivity index (χ0) is 22.0. The van der Waals surface area contributed by atoms with E-state index in [1.165, 1.54) is 4.90 Å². The van der Waals surface area contributed by atoms with Crippen LogP contribution in [0.1, 0.15) is 42.5 Å². The second-order valence-corrected chi connectivity index (χ2v) is 8.00. The fourth-order valence-electron chi connectivity index (χ4n) is 3.83. The minimum absolute atomic E-state index is 0.0643. The molecule has 1 fully saturated rings. The van der Waals surface area contributed by atoms with Gasteiger partial charge in [0.15, 0.2) is 0 Å². The number of nitrogen functional groups attached to an aromatic ring is 1. The maximum Gasteiger partial charge on any atom is 0.343 e. The molecule has 0 bridgehead atoms. The van der Waals surface area contributed by atoms with E-state index in [1.807, 2.05) is 0 Å². The third kappa shape index (κ3) is 4.41. The Morgan fingerprint density at radius 2 is 1.61 bits per heavy atom. The quantitative estimate of drug-likeness (QED) is 0.315. The summed E-state index contributed by atoms with van der Waals surface area (Å²) in [5, 5.41) is 2.82. The van der Waals surface area contributed by atoms with Crippen molar-refractivity contribution >= 4 is 40.8 Å². The van der Waals surface area contributed by atoms with Crippen molar-refractivity contribution in [3.05, 3.63) is 64.8 Å². The molecule has 0 aromatic heterocycles. The molecule has 31 heavy (non-hydrogen) atoms. The lowest BCUT2D eigenvalue weighted by Gasteiger charge is -2.29. The average molecular weight is 440 g/mol. The number of rotatable bonds is 5. The lowest BCUT2D eigenvalue weighted by atomic mass is 9.94. The number of benzene rings is 2. The van der Waals surface area contributed by atoms with E-state index in [2.05, 4.69) is 5.32 Å². The monoisotopic (exact) mass is 439 g/mol. The van der Waals surface area contributed by atoms with Crippen molar-refractivity contribution < 1.29 is 19.1 Å². The number of nitrogens with one attached hydrogen (secondary N) is 1. The molecule has 0 atom stereocenters. The van der Waals surface area contributed by atoms with Gasteiger partial charge >= 0.3 is 5.97 Å². The molecule has 4 rings (SSSR count). The fourth-order valence-corrected chi connectivity index (χ4v) is 4.05. The van der Waals surface area contributed by atoms with Gasteiger partial charge in [0.05, 0.1) is 5.56 Å². The number of carbonyl (C=O) groups excluding carboxylic acids is 3. The first kappa shape index (κ1) is 20.9. The van der Waals surface area contributed by atoms with E-state index >= 15 is 0 Å². The molecule has 3 N–H and O–H groups in total. The van der Waals surface area contributed by atoms with Crippen LogP contribution in [-0.2, 0) is 9.59 Å². The summed E-state index contributed by atoms with van der Waals surface area (Å²) in [7, 11) is 0. The molecule has 2 aliphatic rings. The van der Waals surface area contributed by atoms with Crippen LogP contribution in [-0.4, -0.2) is 28.7 Å². The second-order valence-electron chi connectivity index (χ2n) is 7.62. The summed E-state index contributed by atoms with van der Waals surface area (Å²) in [6.45, 7) is 0. The predicted molar refractivity (Wildman–Crippen MR) is 117 cm³/mol. The lowest BCUT2D eigenvalue weighted by Crippen LogP contribution is -2.42. The highest BCUT2D eigenvalue weighted by atomic mass is 35.5. The van der Waals surface area contributed by atoms with Crippen LogP contribution < -0.4 is 15.8 Å². The Bertz CT molecular complexity index is 1040. The Kier molecular flexibility index (Phi) is 5.95. The Balaban J connectivity index is 1.43. The number of nitrogens with two attached hydrogens (primary N) is 1. The maximum atomic E-state index is 12.8. The summed E-state index contributed by atoms with van der Waals surface area (Å²) in [4.78, 5) is 39.0. The van der Waals surface area contributed by atoms with Crippen LogP contribution in [0.3, 0.4) is 0 Å². The van der Waals surface area contributed by atoms with Crippen molar-refractivity contribution in [1.29, 1.82) is 0 Å². The van der Waals surface area contributed by atoms with Gasteiger partial charge in [-0.2, -0.15) is 0 Å². The largest absolute Gasteiger partial charge is 0.423 e. The smallest absolute Gasteiger partial charge is 0.343 e. The molecule has 0 saturated heterocycles. The van der Waals surface area contributed by atoms with Gasteiger partial charge < -0.3 is 15.8 Å². The highest BCUT2D eigenvalue weighted by molar-refractivity contribution is 6.48. The minimum Gasteiger partial charge on any atom is -0.423 e. The Morgan fingerprint density at radius 1 is 0.968 bits per heavy atom. The van der Waals surface area contributed by atoms with Crippen LogP contribution in [0.25, 0.3) is 0 Å². The highest BCUT2D eigenvalue weighted by Crippen LogP contribution is 2.32. The molecule has 0 unspecified atom stereocenters. The van der Waals surface area contributed by atoms with Crippen molar-refractivity contribution in [2.24, 2.45) is 0 Å². The molecule has 0 radical (unpaired) electrons. The Hall–Kier alpha value is -3.32. The van der Waals surface area contributed by atoms with Gasteiger partial charge in [0.25, 0.3) is 11.8 Å². The van der Waals surface area contributed by atoms with Crippen LogP contribution in [0.15, 0.2) is 59.3 Å². The van der Waals surface area contributed by atoms with Gasteiger partial charge in [-0.15, -0.1) is 0 Å². The van der Waals surface area contributed by atoms with E-state index in [-0.39, 0.29) is 16.8 Å². The number of hydrogen-bond donors (Lipinski definition) is 2. The van der Waals surface area contributed by atoms with E-state index < -0.39 is 17.8 Å². The molecule has 8 heteroatoms. The van der Waals surface area contributed by atoms with Crippen LogP contribution >= 0.6 is 11.6 Å². The minimum atomic E-state index is -0.524. The van der Waals surface area contributed by atoms with Gasteiger partial charge in [-0.3, -0.25) is 14.5 Å². The Labute approximate surface area is 184 Å². The van der Waals surface area contributed by atoms with Crippen LogP contribution in [0.4, 0.5) is 11.4 Å². The molecule has 160 valence electrons. The average Bonchev–Trinajstić information content (AvgIpc) is 2.99. The number of amides is 2. The molecule has 2 amide bonds. The summed E-state index contributed by atoms with van der Waals surface area (Å²) in [6.07, 6.45) is 4.72. The molecule has 1 heterocycles. The first-order valence-electron chi connectivity index (χ1n) is 10.2. The van der Waals surface area contributed by atoms with Gasteiger partial charge in [0.1, 0.15) is 16.5 Å². The fraction of sp³-hybridized carbons (Fsp3) is 0.261. The van der Waals surface area contributed by atoms with Crippen molar-refractivity contribution in [2.75, 3.05) is 11.1 Å². The van der Waals surface area contributed by atoms with Gasteiger partial charge in [-0.25, -0.2) is 4.79 Å². The maximum absolute atomic E-state index is 12.8. The molecule has 2 aromatic carbocycles. The lowest BCUT2D eigenvalue weighted by molar-refractivity contribution is -0.140. The first-order chi connectivity index (χ1) is 14.9. The summed E-state index contributed by atoms with van der Waals surface area (Å²) in [5.41, 5.74) is 7.13. The summed E-state index contributed by atoms with van der Waals surface area (Å²) in [5.74, 6) is -1.00. The molecule has 1 aliphatic carbocycles. The summed E-state index contributed by atoms with van der Waals surface area (Å²) < 4.78 is 5.31. The Morgan fingerprint density at radius 3 is 2.26 bits per heavy atom. The SMILES string of the molecule is Nc1ccc(OC(=O)c2ccc(NC3=C(Cl)C(=O)N(C4CCCCC4)C3=O)cc2)cc1. The first-order valence-corrected chi connectivity index (χ1v) is 10.5. The molecular weight excluding hydrogens is 418 g/mol. The van der Waals surface area contributed by atoms with Gasteiger partial charge in [-0.1, -0.05) is 30.9 Å². The van der Waals surface area contributed by atoms with Gasteiger partial charge in [-0.05, 0) is 61.4 Å². The predicted octanol–water partition coefficient (Wildman–Crippen LogP) is 4.05. The number of carbonyl (C=O) groups is 3. The number of anilines is 2. The normalized spacial score (nSPS) is 17.3. The standard InChI is InChI=1S/C23H22ClN3O4/c24-19-20(22(29)27(21(19)28)17-4-2-1-3-5-17)26-16-10-6-14(7-11-16)23(30)31-18-12-8-15(25)9-13-18/h6-13,17,26H,1-5,25H2. The molecule has 2 aromatic rings. The number of halogens is 1.